The van der Waals surface area contributed by atoms with Gasteiger partial charge in [0.2, 0.25) is 5.13 Å². The van der Waals surface area contributed by atoms with Crippen molar-refractivity contribution in [1.29, 1.82) is 10.5 Å². The van der Waals surface area contributed by atoms with Gasteiger partial charge in [-0.15, -0.1) is 11.3 Å². The van der Waals surface area contributed by atoms with Gasteiger partial charge in [0.25, 0.3) is 5.91 Å². The molecule has 0 saturated carbocycles. The monoisotopic (exact) mass is 489 g/mol. The van der Waals surface area contributed by atoms with Crippen LogP contribution in [0.1, 0.15) is 18.4 Å². The Morgan fingerprint density at radius 2 is 1.77 bits per heavy atom. The van der Waals surface area contributed by atoms with Crippen molar-refractivity contribution in [2.45, 2.75) is 12.8 Å². The van der Waals surface area contributed by atoms with Gasteiger partial charge in [-0.3, -0.25) is 4.79 Å². The third kappa shape index (κ3) is 4.00. The minimum absolute atomic E-state index is 0.283. The number of benzene rings is 2. The quantitative estimate of drug-likeness (QED) is 0.482. The summed E-state index contributed by atoms with van der Waals surface area (Å²) in [5.74, 6) is -2.61. The van der Waals surface area contributed by atoms with E-state index < -0.39 is 17.8 Å². The Hall–Kier alpha value is -3.33. The van der Waals surface area contributed by atoms with Crippen molar-refractivity contribution in [1.82, 2.24) is 4.98 Å². The van der Waals surface area contributed by atoms with E-state index in [1.54, 1.807) is 6.92 Å². The number of carbonyl (C=O) groups is 1. The molecule has 2 heterocycles. The second-order valence-electron chi connectivity index (χ2n) is 7.06. The molecule has 3 aromatic rings. The predicted octanol–water partition coefficient (Wildman–Crippen LogP) is 5.36. The van der Waals surface area contributed by atoms with Gasteiger partial charge in [0, 0.05) is 27.0 Å². The summed E-state index contributed by atoms with van der Waals surface area (Å²) in [6.07, 6.45) is 0. The van der Waals surface area contributed by atoms with Crippen LogP contribution in [-0.2, 0) is 4.79 Å². The molecule has 0 fully saturated rings. The summed E-state index contributed by atoms with van der Waals surface area (Å²) in [5, 5.41) is 27.3. The fourth-order valence-electron chi connectivity index (χ4n) is 3.69. The average Bonchev–Trinajstić information content (AvgIpc) is 3.38. The molecule has 4 rings (SSSR count). The van der Waals surface area contributed by atoms with Crippen LogP contribution in [0.3, 0.4) is 0 Å². The van der Waals surface area contributed by atoms with Gasteiger partial charge >= 0.3 is 0 Å². The summed E-state index contributed by atoms with van der Waals surface area (Å²) in [7, 11) is 0. The maximum absolute atomic E-state index is 13.4. The Kier molecular flexibility index (Phi) is 5.94. The Morgan fingerprint density at radius 1 is 1.10 bits per heavy atom. The molecule has 31 heavy (non-hydrogen) atoms. The molecule has 0 aliphatic carbocycles. The molecule has 0 radical (unpaired) electrons. The summed E-state index contributed by atoms with van der Waals surface area (Å²) in [6.45, 7) is 1.76. The van der Waals surface area contributed by atoms with E-state index in [4.69, 9.17) is 0 Å². The fourth-order valence-corrected chi connectivity index (χ4v) is 4.74. The third-order valence-electron chi connectivity index (χ3n) is 5.18. The fraction of sp³-hybridized carbons (Fsp3) is 0.174. The molecule has 1 aliphatic heterocycles. The summed E-state index contributed by atoms with van der Waals surface area (Å²) >= 11 is 4.73. The van der Waals surface area contributed by atoms with Gasteiger partial charge in [0.05, 0.1) is 23.8 Å². The number of hydrazone groups is 1. The van der Waals surface area contributed by atoms with Crippen molar-refractivity contribution < 1.29 is 4.79 Å². The van der Waals surface area contributed by atoms with Crippen LogP contribution in [-0.4, -0.2) is 16.6 Å². The average molecular weight is 490 g/mol. The zero-order valence-corrected chi connectivity index (χ0v) is 18.8. The van der Waals surface area contributed by atoms with E-state index in [2.05, 4.69) is 38.2 Å². The van der Waals surface area contributed by atoms with Crippen LogP contribution in [0, 0.1) is 34.5 Å². The van der Waals surface area contributed by atoms with E-state index in [-0.39, 0.29) is 5.91 Å². The first-order chi connectivity index (χ1) is 15.0. The van der Waals surface area contributed by atoms with Crippen molar-refractivity contribution in [3.8, 4) is 23.4 Å². The lowest BCUT2D eigenvalue weighted by Crippen LogP contribution is -2.34. The van der Waals surface area contributed by atoms with E-state index >= 15 is 0 Å². The predicted molar refractivity (Wildman–Crippen MR) is 123 cm³/mol. The highest BCUT2D eigenvalue weighted by Crippen LogP contribution is 2.40. The van der Waals surface area contributed by atoms with Crippen molar-refractivity contribution in [2.24, 2.45) is 16.9 Å². The number of hydrogen-bond donors (Lipinski definition) is 0. The number of nitriles is 2. The van der Waals surface area contributed by atoms with Crippen LogP contribution < -0.4 is 5.01 Å². The second-order valence-corrected chi connectivity index (χ2v) is 8.82. The molecule has 0 N–H and O–H groups in total. The lowest BCUT2D eigenvalue weighted by Gasteiger charge is -2.24. The van der Waals surface area contributed by atoms with E-state index in [0.29, 0.717) is 10.8 Å². The maximum atomic E-state index is 13.4. The highest BCUT2D eigenvalue weighted by Gasteiger charge is 2.45. The summed E-state index contributed by atoms with van der Waals surface area (Å²) in [6, 6.07) is 21.1. The molecule has 1 aromatic heterocycles. The first-order valence-electron chi connectivity index (χ1n) is 9.48. The molecule has 0 spiro atoms. The molecular formula is C23H16BrN5OS. The molecule has 0 saturated heterocycles. The van der Waals surface area contributed by atoms with E-state index in [1.807, 2.05) is 60.0 Å². The standard InChI is InChI=1S/C23H16BrN5OS/c1-14-20(21(17(11-25)12-26)16-7-9-18(24)10-8-16)22(30)29(28-14)23-27-19(13-31-23)15-5-3-2-4-6-15/h2-10,13,17,20-21H,1H3/t20-,21+/m0/s1. The van der Waals surface area contributed by atoms with Crippen molar-refractivity contribution in [3.63, 3.8) is 0 Å². The van der Waals surface area contributed by atoms with E-state index in [9.17, 15) is 15.3 Å². The minimum atomic E-state index is -0.989. The molecule has 2 aromatic carbocycles. The summed E-state index contributed by atoms with van der Waals surface area (Å²) in [5.41, 5.74) is 3.02. The summed E-state index contributed by atoms with van der Waals surface area (Å²) in [4.78, 5) is 18.0. The number of hydrogen-bond acceptors (Lipinski definition) is 6. The Labute approximate surface area is 192 Å². The van der Waals surface area contributed by atoms with Crippen LogP contribution in [0.15, 0.2) is 69.6 Å². The van der Waals surface area contributed by atoms with E-state index in [1.165, 1.54) is 16.3 Å². The van der Waals surface area contributed by atoms with Gasteiger partial charge in [-0.1, -0.05) is 58.4 Å². The Bertz CT molecular complexity index is 1210. The molecule has 1 amide bonds. The van der Waals surface area contributed by atoms with Gasteiger partial charge in [-0.2, -0.15) is 20.6 Å². The van der Waals surface area contributed by atoms with Crippen molar-refractivity contribution >= 4 is 44.0 Å². The molecular weight excluding hydrogens is 474 g/mol. The number of nitrogens with zero attached hydrogens (tertiary/aromatic N) is 5. The van der Waals surface area contributed by atoms with Crippen LogP contribution >= 0.6 is 27.3 Å². The lowest BCUT2D eigenvalue weighted by atomic mass is 9.76. The third-order valence-corrected chi connectivity index (χ3v) is 6.52. The first-order valence-corrected chi connectivity index (χ1v) is 11.2. The van der Waals surface area contributed by atoms with Crippen LogP contribution in [0.5, 0.6) is 0 Å². The van der Waals surface area contributed by atoms with Crippen LogP contribution in [0.4, 0.5) is 5.13 Å². The smallest absolute Gasteiger partial charge is 0.259 e. The van der Waals surface area contributed by atoms with Crippen LogP contribution in [0.2, 0.25) is 0 Å². The van der Waals surface area contributed by atoms with Gasteiger partial charge in [0.15, 0.2) is 0 Å². The molecule has 0 bridgehead atoms. The highest BCUT2D eigenvalue weighted by atomic mass is 79.9. The van der Waals surface area contributed by atoms with Gasteiger partial charge in [-0.05, 0) is 24.6 Å². The Balaban J connectivity index is 1.69. The lowest BCUT2D eigenvalue weighted by molar-refractivity contribution is -0.120. The molecule has 8 heteroatoms. The van der Waals surface area contributed by atoms with Gasteiger partial charge in [-0.25, -0.2) is 4.98 Å². The van der Waals surface area contributed by atoms with Gasteiger partial charge in [0.1, 0.15) is 5.92 Å². The SMILES string of the molecule is CC1=NN(c2nc(-c3ccccc3)cs2)C(=O)[C@@H]1[C@H](c1ccc(Br)cc1)C(C#N)C#N. The topological polar surface area (TPSA) is 93.1 Å². The zero-order valence-electron chi connectivity index (χ0n) is 16.4. The first kappa shape index (κ1) is 20.9. The molecule has 6 nitrogen and oxygen atoms in total. The summed E-state index contributed by atoms with van der Waals surface area (Å²) < 4.78 is 0.876. The molecule has 2 atom stereocenters. The number of amides is 1. The van der Waals surface area contributed by atoms with Crippen LogP contribution in [0.25, 0.3) is 11.3 Å². The van der Waals surface area contributed by atoms with Gasteiger partial charge < -0.3 is 0 Å². The molecule has 152 valence electrons. The number of rotatable bonds is 5. The number of thiazole rings is 1. The number of aromatic nitrogens is 1. The number of halogens is 1. The largest absolute Gasteiger partial charge is 0.272 e. The van der Waals surface area contributed by atoms with Crippen molar-refractivity contribution in [2.75, 3.05) is 5.01 Å². The normalized spacial score (nSPS) is 16.7. The minimum Gasteiger partial charge on any atom is -0.272 e. The number of carbonyl (C=O) groups excluding carboxylic acids is 1. The highest BCUT2D eigenvalue weighted by molar-refractivity contribution is 9.10. The maximum Gasteiger partial charge on any atom is 0.259 e. The molecule has 1 aliphatic rings. The van der Waals surface area contributed by atoms with Crippen molar-refractivity contribution in [3.05, 3.63) is 70.0 Å². The van der Waals surface area contributed by atoms with E-state index in [0.717, 1.165) is 21.3 Å². The Morgan fingerprint density at radius 3 is 2.42 bits per heavy atom. The molecule has 0 unspecified atom stereocenters. The number of anilines is 1. The second kappa shape index (κ2) is 8.81. The zero-order chi connectivity index (χ0) is 22.0.